The van der Waals surface area contributed by atoms with E-state index in [0.29, 0.717) is 28.5 Å². The first kappa shape index (κ1) is 18.2. The molecule has 130 valence electrons. The molecule has 0 N–H and O–H groups in total. The summed E-state index contributed by atoms with van der Waals surface area (Å²) in [5.41, 5.74) is 1.59. The Balaban J connectivity index is 1.92. The van der Waals surface area contributed by atoms with Crippen LogP contribution in [0, 0.1) is 5.92 Å². The van der Waals surface area contributed by atoms with Crippen LogP contribution in [0.2, 0.25) is 10.0 Å². The van der Waals surface area contributed by atoms with Crippen molar-refractivity contribution in [2.24, 2.45) is 5.92 Å². The summed E-state index contributed by atoms with van der Waals surface area (Å²) in [6, 6.07) is 14.7. The van der Waals surface area contributed by atoms with Crippen LogP contribution in [0.15, 0.2) is 48.5 Å². The molecule has 0 amide bonds. The average Bonchev–Trinajstić information content (AvgIpc) is 2.63. The number of benzene rings is 2. The molecule has 2 aromatic rings. The second-order valence-electron chi connectivity index (χ2n) is 6.59. The van der Waals surface area contributed by atoms with Gasteiger partial charge in [-0.3, -0.25) is 9.59 Å². The number of carbonyl (C=O) groups is 2. The van der Waals surface area contributed by atoms with E-state index in [1.165, 1.54) is 0 Å². The van der Waals surface area contributed by atoms with Crippen LogP contribution < -0.4 is 0 Å². The number of Topliss-reactive ketones (excluding diaryl/α,β-unsaturated/α-hetero) is 2. The Morgan fingerprint density at radius 2 is 1.80 bits per heavy atom. The smallest absolute Gasteiger partial charge is 0.163 e. The lowest BCUT2D eigenvalue weighted by Crippen LogP contribution is -2.27. The number of ketones is 2. The second-order valence-corrected chi connectivity index (χ2v) is 7.41. The zero-order chi connectivity index (χ0) is 17.8. The quantitative estimate of drug-likeness (QED) is 0.591. The molecule has 25 heavy (non-hydrogen) atoms. The molecule has 1 saturated carbocycles. The molecule has 0 bridgehead atoms. The van der Waals surface area contributed by atoms with Gasteiger partial charge in [-0.2, -0.15) is 0 Å². The largest absolute Gasteiger partial charge is 0.299 e. The zero-order valence-electron chi connectivity index (χ0n) is 13.9. The van der Waals surface area contributed by atoms with E-state index in [0.717, 1.165) is 24.8 Å². The number of rotatable bonds is 5. The van der Waals surface area contributed by atoms with Crippen LogP contribution in [-0.2, 0) is 4.79 Å². The lowest BCUT2D eigenvalue weighted by atomic mass is 9.73. The minimum Gasteiger partial charge on any atom is -0.299 e. The fraction of sp³-hybridized carbons (Fsp3) is 0.333. The molecule has 0 aliphatic heterocycles. The highest BCUT2D eigenvalue weighted by molar-refractivity contribution is 6.42. The number of halogens is 2. The lowest BCUT2D eigenvalue weighted by molar-refractivity contribution is -0.125. The van der Waals surface area contributed by atoms with Crippen molar-refractivity contribution in [1.82, 2.24) is 0 Å². The first-order chi connectivity index (χ1) is 12.1. The molecule has 3 rings (SSSR count). The highest BCUT2D eigenvalue weighted by Gasteiger charge is 2.33. The Morgan fingerprint density at radius 3 is 2.48 bits per heavy atom. The molecule has 1 aliphatic carbocycles. The van der Waals surface area contributed by atoms with Crippen LogP contribution in [0.4, 0.5) is 0 Å². The van der Waals surface area contributed by atoms with Gasteiger partial charge in [-0.15, -0.1) is 0 Å². The average molecular weight is 375 g/mol. The molecule has 0 unspecified atom stereocenters. The number of carbonyl (C=O) groups excluding carboxylic acids is 2. The normalized spacial score (nSPS) is 18.8. The van der Waals surface area contributed by atoms with E-state index < -0.39 is 0 Å². The van der Waals surface area contributed by atoms with Crippen molar-refractivity contribution < 1.29 is 9.59 Å². The van der Waals surface area contributed by atoms with Gasteiger partial charge in [-0.05, 0) is 30.5 Å². The molecular weight excluding hydrogens is 355 g/mol. The summed E-state index contributed by atoms with van der Waals surface area (Å²) in [5, 5.41) is 0.938. The van der Waals surface area contributed by atoms with E-state index in [4.69, 9.17) is 23.2 Å². The van der Waals surface area contributed by atoms with Crippen molar-refractivity contribution >= 4 is 34.8 Å². The van der Waals surface area contributed by atoms with Crippen molar-refractivity contribution in [3.05, 3.63) is 69.7 Å². The summed E-state index contributed by atoms with van der Waals surface area (Å²) in [5.74, 6) is 0.0205. The van der Waals surface area contributed by atoms with E-state index in [-0.39, 0.29) is 23.4 Å². The van der Waals surface area contributed by atoms with Crippen molar-refractivity contribution in [3.63, 3.8) is 0 Å². The molecule has 1 aliphatic rings. The molecule has 0 saturated heterocycles. The molecule has 2 nitrogen and oxygen atoms in total. The molecule has 0 heterocycles. The maximum atomic E-state index is 12.8. The molecule has 0 aromatic heterocycles. The van der Waals surface area contributed by atoms with Gasteiger partial charge < -0.3 is 0 Å². The predicted molar refractivity (Wildman–Crippen MR) is 102 cm³/mol. The SMILES string of the molecule is O=C(C[C@@H](c1ccc(Cl)c(Cl)c1)[C@H]1CCCCC1=O)c1ccccc1. The fourth-order valence-corrected chi connectivity index (χ4v) is 3.92. The molecule has 2 aromatic carbocycles. The van der Waals surface area contributed by atoms with Crippen molar-refractivity contribution in [3.8, 4) is 0 Å². The van der Waals surface area contributed by atoms with Gasteiger partial charge >= 0.3 is 0 Å². The standard InChI is InChI=1S/C21H20Cl2O2/c22-18-11-10-15(12-19(18)23)17(16-8-4-5-9-20(16)24)13-21(25)14-6-2-1-3-7-14/h1-3,6-7,10-12,16-17H,4-5,8-9,13H2/t16-,17+/m1/s1. The molecule has 2 atom stereocenters. The molecular formula is C21H20Cl2O2. The van der Waals surface area contributed by atoms with E-state index in [2.05, 4.69) is 0 Å². The maximum Gasteiger partial charge on any atom is 0.163 e. The van der Waals surface area contributed by atoms with Gasteiger partial charge in [0.05, 0.1) is 10.0 Å². The van der Waals surface area contributed by atoms with Crippen LogP contribution in [0.5, 0.6) is 0 Å². The maximum absolute atomic E-state index is 12.8. The van der Waals surface area contributed by atoms with Crippen molar-refractivity contribution in [2.75, 3.05) is 0 Å². The first-order valence-corrected chi connectivity index (χ1v) is 9.38. The van der Waals surface area contributed by atoms with Crippen LogP contribution in [-0.4, -0.2) is 11.6 Å². The topological polar surface area (TPSA) is 34.1 Å². The number of hydrogen-bond donors (Lipinski definition) is 0. The third kappa shape index (κ3) is 4.31. The minimum atomic E-state index is -0.157. The van der Waals surface area contributed by atoms with E-state index in [1.54, 1.807) is 12.1 Å². The van der Waals surface area contributed by atoms with Crippen LogP contribution >= 0.6 is 23.2 Å². The van der Waals surface area contributed by atoms with E-state index in [9.17, 15) is 9.59 Å². The summed E-state index contributed by atoms with van der Waals surface area (Å²) < 4.78 is 0. The van der Waals surface area contributed by atoms with E-state index in [1.807, 2.05) is 36.4 Å². The summed E-state index contributed by atoms with van der Waals surface area (Å²) >= 11 is 12.2. The van der Waals surface area contributed by atoms with Gasteiger partial charge in [0, 0.05) is 30.2 Å². The molecule has 4 heteroatoms. The second kappa shape index (κ2) is 8.16. The number of hydrogen-bond acceptors (Lipinski definition) is 2. The van der Waals surface area contributed by atoms with Crippen molar-refractivity contribution in [1.29, 1.82) is 0 Å². The summed E-state index contributed by atoms with van der Waals surface area (Å²) in [4.78, 5) is 25.3. The lowest BCUT2D eigenvalue weighted by Gasteiger charge is -2.29. The Morgan fingerprint density at radius 1 is 1.04 bits per heavy atom. The minimum absolute atomic E-state index is 0.0510. The first-order valence-electron chi connectivity index (χ1n) is 8.62. The predicted octanol–water partition coefficient (Wildman–Crippen LogP) is 6.11. The van der Waals surface area contributed by atoms with Gasteiger partial charge in [-0.25, -0.2) is 0 Å². The van der Waals surface area contributed by atoms with Gasteiger partial charge in [0.1, 0.15) is 5.78 Å². The molecule has 1 fully saturated rings. The van der Waals surface area contributed by atoms with Gasteiger partial charge in [-0.1, -0.05) is 66.0 Å². The zero-order valence-corrected chi connectivity index (χ0v) is 15.4. The summed E-state index contributed by atoms with van der Waals surface area (Å²) in [6.45, 7) is 0. The van der Waals surface area contributed by atoms with Gasteiger partial charge in [0.15, 0.2) is 5.78 Å². The van der Waals surface area contributed by atoms with E-state index >= 15 is 0 Å². The summed E-state index contributed by atoms with van der Waals surface area (Å²) in [7, 11) is 0. The highest BCUT2D eigenvalue weighted by atomic mass is 35.5. The third-order valence-corrected chi connectivity index (χ3v) is 5.70. The monoisotopic (exact) mass is 374 g/mol. The third-order valence-electron chi connectivity index (χ3n) is 4.96. The van der Waals surface area contributed by atoms with Crippen LogP contribution in [0.25, 0.3) is 0 Å². The molecule has 0 radical (unpaired) electrons. The van der Waals surface area contributed by atoms with Gasteiger partial charge in [0.2, 0.25) is 0 Å². The van der Waals surface area contributed by atoms with Crippen LogP contribution in [0.1, 0.15) is 53.9 Å². The van der Waals surface area contributed by atoms with Crippen molar-refractivity contribution in [2.45, 2.75) is 38.0 Å². The fourth-order valence-electron chi connectivity index (χ4n) is 3.61. The highest BCUT2D eigenvalue weighted by Crippen LogP contribution is 2.39. The Kier molecular flexibility index (Phi) is 5.93. The molecule has 0 spiro atoms. The Bertz CT molecular complexity index is 771. The Labute approximate surface area is 158 Å². The van der Waals surface area contributed by atoms with Gasteiger partial charge in [0.25, 0.3) is 0 Å². The van der Waals surface area contributed by atoms with Crippen LogP contribution in [0.3, 0.4) is 0 Å². The Hall–Kier alpha value is -1.64. The summed E-state index contributed by atoms with van der Waals surface area (Å²) in [6.07, 6.45) is 3.69.